The van der Waals surface area contributed by atoms with Crippen LogP contribution in [0.25, 0.3) is 0 Å². The second kappa shape index (κ2) is 5.04. The second-order valence-corrected chi connectivity index (χ2v) is 5.63. The van der Waals surface area contributed by atoms with Crippen LogP contribution in [0.2, 0.25) is 0 Å². The molecule has 0 bridgehead atoms. The first-order valence-electron chi connectivity index (χ1n) is 5.19. The van der Waals surface area contributed by atoms with Crippen molar-refractivity contribution in [3.63, 3.8) is 0 Å². The zero-order chi connectivity index (χ0) is 13.2. The van der Waals surface area contributed by atoms with Crippen LogP contribution in [0.1, 0.15) is 6.42 Å². The molecular weight excluding hydrogens is 274 g/mol. The highest BCUT2D eigenvalue weighted by Crippen LogP contribution is 2.36. The molecular formula is C12H10ClNO3S. The summed E-state index contributed by atoms with van der Waals surface area (Å²) in [7, 11) is 0. The summed E-state index contributed by atoms with van der Waals surface area (Å²) in [6.45, 7) is 0. The maximum atomic E-state index is 10.9. The number of phenols is 1. The Morgan fingerprint density at radius 3 is 2.67 bits per heavy atom. The average Bonchev–Trinajstić information content (AvgIpc) is 2.32. The van der Waals surface area contributed by atoms with Crippen LogP contribution in [0.15, 0.2) is 52.3 Å². The van der Waals surface area contributed by atoms with Gasteiger partial charge in [0.1, 0.15) is 5.75 Å². The smallest absolute Gasteiger partial charge is 0.318 e. The van der Waals surface area contributed by atoms with Gasteiger partial charge in [-0.15, -0.1) is 0 Å². The highest BCUT2D eigenvalue weighted by atomic mass is 35.5. The van der Waals surface area contributed by atoms with Crippen LogP contribution in [0.3, 0.4) is 0 Å². The molecule has 0 amide bonds. The highest BCUT2D eigenvalue weighted by molar-refractivity contribution is 8.03. The fourth-order valence-corrected chi connectivity index (χ4v) is 2.74. The van der Waals surface area contributed by atoms with Gasteiger partial charge in [0.25, 0.3) is 0 Å². The molecule has 1 N–H and O–H groups in total. The zero-order valence-corrected chi connectivity index (χ0v) is 10.8. The van der Waals surface area contributed by atoms with Gasteiger partial charge in [-0.2, -0.15) is 0 Å². The van der Waals surface area contributed by atoms with Crippen molar-refractivity contribution in [2.75, 3.05) is 0 Å². The van der Waals surface area contributed by atoms with Gasteiger partial charge in [-0.3, -0.25) is 10.1 Å². The summed E-state index contributed by atoms with van der Waals surface area (Å²) in [5, 5.41) is 20.0. The third-order valence-corrected chi connectivity index (χ3v) is 3.82. The molecule has 0 saturated heterocycles. The number of nitro groups is 1. The normalized spacial score (nSPS) is 22.6. The van der Waals surface area contributed by atoms with E-state index in [0.717, 1.165) is 9.80 Å². The molecule has 1 atom stereocenters. The van der Waals surface area contributed by atoms with Crippen LogP contribution in [-0.4, -0.2) is 15.0 Å². The number of hydrogen-bond acceptors (Lipinski definition) is 4. The summed E-state index contributed by atoms with van der Waals surface area (Å²) in [5.74, 6) is 0.185. The largest absolute Gasteiger partial charge is 0.508 e. The Morgan fingerprint density at radius 1 is 1.39 bits per heavy atom. The first-order chi connectivity index (χ1) is 8.49. The molecule has 94 valence electrons. The van der Waals surface area contributed by atoms with E-state index in [1.165, 1.54) is 17.8 Å². The molecule has 1 unspecified atom stereocenters. The highest BCUT2D eigenvalue weighted by Gasteiger charge is 2.38. The molecule has 1 aromatic rings. The Balaban J connectivity index is 2.18. The van der Waals surface area contributed by atoms with Gasteiger partial charge in [0.2, 0.25) is 0 Å². The van der Waals surface area contributed by atoms with E-state index in [1.807, 2.05) is 6.08 Å². The van der Waals surface area contributed by atoms with E-state index in [2.05, 4.69) is 0 Å². The lowest BCUT2D eigenvalue weighted by Crippen LogP contribution is -2.30. The van der Waals surface area contributed by atoms with E-state index in [1.54, 1.807) is 30.3 Å². The van der Waals surface area contributed by atoms with E-state index >= 15 is 0 Å². The molecule has 2 rings (SSSR count). The van der Waals surface area contributed by atoms with Crippen LogP contribution in [0.5, 0.6) is 5.75 Å². The Labute approximate surface area is 113 Å². The topological polar surface area (TPSA) is 63.4 Å². The standard InChI is InChI=1S/C12H10ClNO3S/c13-12(14(16)17)7-1-2-11(8-12)18-10-5-3-9(15)4-6-10/h1-6,8,15H,7H2. The van der Waals surface area contributed by atoms with E-state index < -0.39 is 9.92 Å². The number of benzene rings is 1. The maximum Gasteiger partial charge on any atom is 0.318 e. The van der Waals surface area contributed by atoms with Crippen LogP contribution in [0.4, 0.5) is 0 Å². The molecule has 0 aromatic heterocycles. The Bertz CT molecular complexity index is 527. The lowest BCUT2D eigenvalue weighted by molar-refractivity contribution is -0.527. The van der Waals surface area contributed by atoms with E-state index in [0.29, 0.717) is 0 Å². The van der Waals surface area contributed by atoms with Crippen molar-refractivity contribution >= 4 is 23.4 Å². The summed E-state index contributed by atoms with van der Waals surface area (Å²) in [5.41, 5.74) is 0. The van der Waals surface area contributed by atoms with Gasteiger partial charge in [0.05, 0.1) is 6.42 Å². The van der Waals surface area contributed by atoms with Gasteiger partial charge in [-0.1, -0.05) is 23.9 Å². The van der Waals surface area contributed by atoms with Gasteiger partial charge in [-0.05, 0) is 35.9 Å². The van der Waals surface area contributed by atoms with Crippen molar-refractivity contribution in [1.82, 2.24) is 0 Å². The van der Waals surface area contributed by atoms with Gasteiger partial charge in [0, 0.05) is 20.8 Å². The number of allylic oxidation sites excluding steroid dienone is 1. The molecule has 0 radical (unpaired) electrons. The SMILES string of the molecule is O=[N+]([O-])C1(Cl)C=C(Sc2ccc(O)cc2)C=CC1. The number of aromatic hydroxyl groups is 1. The predicted octanol–water partition coefficient (Wildman–Crippen LogP) is 3.54. The molecule has 0 saturated carbocycles. The lowest BCUT2D eigenvalue weighted by atomic mass is 10.1. The number of thioether (sulfide) groups is 1. The third-order valence-electron chi connectivity index (χ3n) is 2.43. The molecule has 0 fully saturated rings. The first-order valence-corrected chi connectivity index (χ1v) is 6.39. The first kappa shape index (κ1) is 13.0. The molecule has 18 heavy (non-hydrogen) atoms. The number of hydrogen-bond donors (Lipinski definition) is 1. The fraction of sp³-hybridized carbons (Fsp3) is 0.167. The third kappa shape index (κ3) is 2.86. The molecule has 1 aliphatic carbocycles. The monoisotopic (exact) mass is 283 g/mol. The summed E-state index contributed by atoms with van der Waals surface area (Å²) >= 11 is 7.28. The molecule has 0 heterocycles. The zero-order valence-electron chi connectivity index (χ0n) is 9.25. The molecule has 0 aliphatic heterocycles. The molecule has 4 nitrogen and oxygen atoms in total. The molecule has 6 heteroatoms. The number of rotatable bonds is 3. The van der Waals surface area contributed by atoms with Gasteiger partial charge >= 0.3 is 5.00 Å². The Kier molecular flexibility index (Phi) is 3.63. The maximum absolute atomic E-state index is 10.9. The number of halogens is 1. The van der Waals surface area contributed by atoms with Crippen molar-refractivity contribution < 1.29 is 10.0 Å². The van der Waals surface area contributed by atoms with Crippen LogP contribution >= 0.6 is 23.4 Å². The van der Waals surface area contributed by atoms with Crippen molar-refractivity contribution in [3.05, 3.63) is 57.5 Å². The average molecular weight is 284 g/mol. The minimum absolute atomic E-state index is 0.182. The fourth-order valence-electron chi connectivity index (χ4n) is 1.51. The van der Waals surface area contributed by atoms with Gasteiger partial charge in [-0.25, -0.2) is 0 Å². The number of phenolic OH excluding ortho intramolecular Hbond substituents is 1. The minimum atomic E-state index is -1.55. The molecule has 1 aromatic carbocycles. The Morgan fingerprint density at radius 2 is 2.06 bits per heavy atom. The molecule has 0 spiro atoms. The van der Waals surface area contributed by atoms with Gasteiger partial charge < -0.3 is 5.11 Å². The summed E-state index contributed by atoms with van der Waals surface area (Å²) in [6, 6.07) is 6.62. The van der Waals surface area contributed by atoms with Crippen molar-refractivity contribution in [1.29, 1.82) is 0 Å². The van der Waals surface area contributed by atoms with E-state index in [4.69, 9.17) is 11.6 Å². The minimum Gasteiger partial charge on any atom is -0.508 e. The van der Waals surface area contributed by atoms with Crippen molar-refractivity contribution in [3.8, 4) is 5.75 Å². The van der Waals surface area contributed by atoms with E-state index in [-0.39, 0.29) is 12.2 Å². The predicted molar refractivity (Wildman–Crippen MR) is 71.4 cm³/mol. The quantitative estimate of drug-likeness (QED) is 0.399. The molecule has 1 aliphatic rings. The lowest BCUT2D eigenvalue weighted by Gasteiger charge is -2.17. The number of nitrogens with zero attached hydrogens (tertiary/aromatic N) is 1. The van der Waals surface area contributed by atoms with Gasteiger partial charge in [0.15, 0.2) is 0 Å². The van der Waals surface area contributed by atoms with Crippen molar-refractivity contribution in [2.45, 2.75) is 16.3 Å². The van der Waals surface area contributed by atoms with Crippen LogP contribution in [-0.2, 0) is 0 Å². The van der Waals surface area contributed by atoms with Crippen LogP contribution < -0.4 is 0 Å². The van der Waals surface area contributed by atoms with Crippen molar-refractivity contribution in [2.24, 2.45) is 0 Å². The summed E-state index contributed by atoms with van der Waals surface area (Å²) in [6.07, 6.45) is 5.13. The van der Waals surface area contributed by atoms with E-state index in [9.17, 15) is 15.2 Å². The van der Waals surface area contributed by atoms with Crippen LogP contribution in [0, 0.1) is 10.1 Å². The number of alkyl halides is 1. The summed E-state index contributed by atoms with van der Waals surface area (Å²) < 4.78 is 0. The second-order valence-electron chi connectivity index (χ2n) is 3.82. The Hall–Kier alpha value is -1.46. The summed E-state index contributed by atoms with van der Waals surface area (Å²) in [4.78, 5) is 10.4.